The van der Waals surface area contributed by atoms with Crippen molar-refractivity contribution in [1.29, 1.82) is 0 Å². The molecule has 0 radical (unpaired) electrons. The van der Waals surface area contributed by atoms with Gasteiger partial charge in [-0.2, -0.15) is 8.78 Å². The number of thiazole rings is 1. The van der Waals surface area contributed by atoms with Gasteiger partial charge in [0.2, 0.25) is 0 Å². The minimum Gasteiger partial charge on any atom is -0.493 e. The van der Waals surface area contributed by atoms with Crippen molar-refractivity contribution < 1.29 is 23.0 Å². The van der Waals surface area contributed by atoms with Crippen molar-refractivity contribution >= 4 is 33.7 Å². The number of alkyl halides is 2. The van der Waals surface area contributed by atoms with E-state index in [1.54, 1.807) is 11.3 Å². The summed E-state index contributed by atoms with van der Waals surface area (Å²) < 4.78 is 34.1. The van der Waals surface area contributed by atoms with Crippen LogP contribution in [-0.2, 0) is 0 Å². The lowest BCUT2D eigenvalue weighted by atomic mass is 10.2. The van der Waals surface area contributed by atoms with Gasteiger partial charge in [-0.3, -0.25) is 10.1 Å². The number of hydrogen-bond donors (Lipinski definition) is 1. The Morgan fingerprint density at radius 1 is 1.23 bits per heavy atom. The van der Waals surface area contributed by atoms with Gasteiger partial charge in [0.05, 0.1) is 17.7 Å². The number of ether oxygens (including phenoxy) is 2. The van der Waals surface area contributed by atoms with Gasteiger partial charge in [-0.1, -0.05) is 0 Å². The molecule has 9 heteroatoms. The van der Waals surface area contributed by atoms with Crippen LogP contribution < -0.4 is 14.8 Å². The zero-order chi connectivity index (χ0) is 18.7. The van der Waals surface area contributed by atoms with Crippen LogP contribution in [0.4, 0.5) is 13.9 Å². The fourth-order valence-corrected chi connectivity index (χ4v) is 3.80. The molecule has 0 saturated heterocycles. The molecule has 0 aliphatic rings. The molecular formula is C17H14F2N2O3S2. The van der Waals surface area contributed by atoms with Gasteiger partial charge < -0.3 is 9.47 Å². The van der Waals surface area contributed by atoms with E-state index in [-0.39, 0.29) is 17.1 Å². The molecule has 0 aliphatic heterocycles. The number of nitrogens with one attached hydrogen (secondary N) is 1. The van der Waals surface area contributed by atoms with Crippen molar-refractivity contribution in [3.8, 4) is 22.1 Å². The molecule has 3 rings (SSSR count). The monoisotopic (exact) mass is 396 g/mol. The van der Waals surface area contributed by atoms with Gasteiger partial charge in [0, 0.05) is 15.8 Å². The third-order valence-electron chi connectivity index (χ3n) is 3.36. The van der Waals surface area contributed by atoms with Crippen LogP contribution in [0.1, 0.15) is 15.2 Å². The van der Waals surface area contributed by atoms with Crippen LogP contribution in [0.2, 0.25) is 0 Å². The first-order chi connectivity index (χ1) is 12.5. The summed E-state index contributed by atoms with van der Waals surface area (Å²) in [6, 6.07) is 7.97. The van der Waals surface area contributed by atoms with Gasteiger partial charge in [-0.05, 0) is 37.3 Å². The second-order valence-corrected chi connectivity index (χ2v) is 7.29. The molecule has 1 N–H and O–H groups in total. The lowest BCUT2D eigenvalue weighted by molar-refractivity contribution is -0.0512. The summed E-state index contributed by atoms with van der Waals surface area (Å²) in [5, 5.41) is 5.00. The fraction of sp³-hybridized carbons (Fsp3) is 0.176. The first-order valence-electron chi connectivity index (χ1n) is 7.43. The molecule has 2 heterocycles. The Bertz CT molecular complexity index is 924. The number of aryl methyl sites for hydroxylation is 1. The van der Waals surface area contributed by atoms with Crippen LogP contribution in [0.5, 0.6) is 11.5 Å². The Labute approximate surface area is 156 Å². The van der Waals surface area contributed by atoms with Gasteiger partial charge >= 0.3 is 6.61 Å². The number of methoxy groups -OCH3 is 1. The van der Waals surface area contributed by atoms with Gasteiger partial charge in [0.15, 0.2) is 16.6 Å². The van der Waals surface area contributed by atoms with Crippen molar-refractivity contribution in [2.45, 2.75) is 13.5 Å². The maximum atomic E-state index is 12.4. The first-order valence-corrected chi connectivity index (χ1v) is 9.12. The van der Waals surface area contributed by atoms with E-state index < -0.39 is 12.5 Å². The van der Waals surface area contributed by atoms with E-state index in [0.29, 0.717) is 5.13 Å². The average Bonchev–Trinajstić information content (AvgIpc) is 3.23. The zero-order valence-electron chi connectivity index (χ0n) is 13.8. The summed E-state index contributed by atoms with van der Waals surface area (Å²) in [5.74, 6) is -0.509. The molecule has 2 aromatic heterocycles. The number of hydrogen-bond acceptors (Lipinski definition) is 6. The standard InChI is InChI=1S/C17H14F2N2O3S2/c1-9-3-6-14(26-9)11-8-25-17(20-11)21-15(22)10-4-5-12(24-16(18)19)13(7-10)23-2/h3-8,16H,1-2H3,(H,20,21,22). The maximum Gasteiger partial charge on any atom is 0.387 e. The lowest BCUT2D eigenvalue weighted by Crippen LogP contribution is -2.12. The number of aromatic nitrogens is 1. The van der Waals surface area contributed by atoms with Crippen LogP contribution >= 0.6 is 22.7 Å². The lowest BCUT2D eigenvalue weighted by Gasteiger charge is -2.11. The van der Waals surface area contributed by atoms with Crippen molar-refractivity contribution in [3.63, 3.8) is 0 Å². The van der Waals surface area contributed by atoms with Crippen molar-refractivity contribution in [2.75, 3.05) is 12.4 Å². The first kappa shape index (κ1) is 18.3. The molecule has 0 aliphatic carbocycles. The number of carbonyl (C=O) groups is 1. The van der Waals surface area contributed by atoms with E-state index in [2.05, 4.69) is 15.0 Å². The highest BCUT2D eigenvalue weighted by molar-refractivity contribution is 7.17. The Kier molecular flexibility index (Phi) is 5.48. The van der Waals surface area contributed by atoms with Crippen molar-refractivity contribution in [2.24, 2.45) is 0 Å². The zero-order valence-corrected chi connectivity index (χ0v) is 15.4. The molecule has 0 bridgehead atoms. The third-order valence-corrected chi connectivity index (χ3v) is 5.14. The van der Waals surface area contributed by atoms with E-state index in [4.69, 9.17) is 4.74 Å². The molecule has 1 aromatic carbocycles. The number of benzene rings is 1. The molecule has 0 saturated carbocycles. The number of nitrogens with zero attached hydrogens (tertiary/aromatic N) is 1. The van der Waals surface area contributed by atoms with Crippen LogP contribution in [0, 0.1) is 6.92 Å². The van der Waals surface area contributed by atoms with Crippen LogP contribution in [-0.4, -0.2) is 24.6 Å². The van der Waals surface area contributed by atoms with Crippen molar-refractivity contribution in [3.05, 3.63) is 46.2 Å². The number of amides is 1. The molecule has 5 nitrogen and oxygen atoms in total. The van der Waals surface area contributed by atoms with Crippen LogP contribution in [0.25, 0.3) is 10.6 Å². The normalized spacial score (nSPS) is 10.8. The number of carbonyl (C=O) groups excluding carboxylic acids is 1. The van der Waals surface area contributed by atoms with Gasteiger partial charge in [-0.15, -0.1) is 22.7 Å². The molecule has 0 unspecified atom stereocenters. The maximum absolute atomic E-state index is 12.4. The van der Waals surface area contributed by atoms with Crippen LogP contribution in [0.3, 0.4) is 0 Å². The smallest absolute Gasteiger partial charge is 0.387 e. The number of thiophene rings is 1. The summed E-state index contributed by atoms with van der Waals surface area (Å²) in [4.78, 5) is 19.0. The highest BCUT2D eigenvalue weighted by atomic mass is 32.1. The highest BCUT2D eigenvalue weighted by Gasteiger charge is 2.15. The molecule has 0 atom stereocenters. The van der Waals surface area contributed by atoms with E-state index in [9.17, 15) is 13.6 Å². The predicted octanol–water partition coefficient (Wildman–Crippen LogP) is 5.04. The van der Waals surface area contributed by atoms with Gasteiger partial charge in [-0.25, -0.2) is 4.98 Å². The molecule has 26 heavy (non-hydrogen) atoms. The van der Waals surface area contributed by atoms with E-state index in [0.717, 1.165) is 10.6 Å². The minimum atomic E-state index is -2.97. The van der Waals surface area contributed by atoms with Gasteiger partial charge in [0.25, 0.3) is 5.91 Å². The predicted molar refractivity (Wildman–Crippen MR) is 97.7 cm³/mol. The Balaban J connectivity index is 1.75. The second kappa shape index (κ2) is 7.79. The summed E-state index contributed by atoms with van der Waals surface area (Å²) in [6.07, 6.45) is 0. The molecule has 136 valence electrons. The molecule has 1 amide bonds. The van der Waals surface area contributed by atoms with E-state index in [1.807, 2.05) is 24.4 Å². The summed E-state index contributed by atoms with van der Waals surface area (Å²) in [7, 11) is 1.31. The summed E-state index contributed by atoms with van der Waals surface area (Å²) >= 11 is 2.93. The van der Waals surface area contributed by atoms with Crippen molar-refractivity contribution in [1.82, 2.24) is 4.98 Å². The van der Waals surface area contributed by atoms with E-state index in [1.165, 1.54) is 41.5 Å². The quantitative estimate of drug-likeness (QED) is 0.634. The Hall–Kier alpha value is -2.52. The van der Waals surface area contributed by atoms with Gasteiger partial charge in [0.1, 0.15) is 0 Å². The van der Waals surface area contributed by atoms with E-state index >= 15 is 0 Å². The number of halogens is 2. The largest absolute Gasteiger partial charge is 0.493 e. The Morgan fingerprint density at radius 2 is 2.04 bits per heavy atom. The molecule has 0 fully saturated rings. The second-order valence-electron chi connectivity index (χ2n) is 5.15. The Morgan fingerprint density at radius 3 is 2.69 bits per heavy atom. The average molecular weight is 396 g/mol. The molecular weight excluding hydrogens is 382 g/mol. The third kappa shape index (κ3) is 4.17. The SMILES string of the molecule is COc1cc(C(=O)Nc2nc(-c3ccc(C)s3)cs2)ccc1OC(F)F. The fourth-order valence-electron chi connectivity index (χ4n) is 2.19. The van der Waals surface area contributed by atoms with Crippen LogP contribution in [0.15, 0.2) is 35.7 Å². The summed E-state index contributed by atoms with van der Waals surface area (Å²) in [6.45, 7) is -0.962. The highest BCUT2D eigenvalue weighted by Crippen LogP contribution is 2.32. The molecule has 3 aromatic rings. The minimum absolute atomic E-state index is 0.0480. The summed E-state index contributed by atoms with van der Waals surface area (Å²) in [5.41, 5.74) is 1.04. The number of rotatable bonds is 6. The number of anilines is 1. The molecule has 0 spiro atoms. The topological polar surface area (TPSA) is 60.5 Å².